The van der Waals surface area contributed by atoms with Crippen LogP contribution in [0.4, 0.5) is 9.59 Å². The number of hydrogen-bond acceptors (Lipinski definition) is 6. The summed E-state index contributed by atoms with van der Waals surface area (Å²) >= 11 is 0. The van der Waals surface area contributed by atoms with Gasteiger partial charge in [0.1, 0.15) is 17.3 Å². The summed E-state index contributed by atoms with van der Waals surface area (Å²) in [6.45, 7) is 10.4. The zero-order valence-corrected chi connectivity index (χ0v) is 14.4. The molecule has 0 aromatic heterocycles. The zero-order chi connectivity index (χ0) is 17.6. The number of esters is 1. The molecule has 130 valence electrons. The lowest BCUT2D eigenvalue weighted by atomic mass is 10.1. The quantitative estimate of drug-likeness (QED) is 0.500. The number of amides is 2. The molecule has 2 fully saturated rings. The lowest BCUT2D eigenvalue weighted by molar-refractivity contribution is -0.144. The third-order valence-electron chi connectivity index (χ3n) is 3.16. The minimum absolute atomic E-state index is 0.0659. The first-order valence-corrected chi connectivity index (χ1v) is 7.60. The van der Waals surface area contributed by atoms with Crippen molar-refractivity contribution in [2.24, 2.45) is 0 Å². The highest BCUT2D eigenvalue weighted by molar-refractivity contribution is 5.85. The molecular formula is C15H24N2O6. The lowest BCUT2D eigenvalue weighted by Crippen LogP contribution is -2.61. The second-order valence-corrected chi connectivity index (χ2v) is 7.70. The molecule has 2 atom stereocenters. The van der Waals surface area contributed by atoms with Gasteiger partial charge >= 0.3 is 18.2 Å². The van der Waals surface area contributed by atoms with Crippen molar-refractivity contribution in [3.8, 4) is 0 Å². The Balaban J connectivity index is 2.25. The van der Waals surface area contributed by atoms with Gasteiger partial charge in [-0.05, 0) is 41.5 Å². The maximum absolute atomic E-state index is 12.5. The second-order valence-electron chi connectivity index (χ2n) is 7.70. The minimum atomic E-state index is -0.865. The standard InChI is InChI=1S/C15H24N2O6/c1-14(2,3)22-12(19)16-8-9-7-10(11(18)21-9)17(16)13(20)23-15(4,5)6/h9-10H,7-8H2,1-6H3/t9-,10-/m1/s1. The van der Waals surface area contributed by atoms with Crippen molar-refractivity contribution in [3.63, 3.8) is 0 Å². The van der Waals surface area contributed by atoms with Crippen molar-refractivity contribution >= 4 is 18.2 Å². The monoisotopic (exact) mass is 328 g/mol. The van der Waals surface area contributed by atoms with E-state index in [2.05, 4.69) is 0 Å². The molecule has 2 aliphatic heterocycles. The summed E-state index contributed by atoms with van der Waals surface area (Å²) in [7, 11) is 0. The molecule has 2 bridgehead atoms. The highest BCUT2D eigenvalue weighted by Crippen LogP contribution is 2.31. The number of carbonyl (C=O) groups is 3. The summed E-state index contributed by atoms with van der Waals surface area (Å²) in [6, 6.07) is -0.865. The van der Waals surface area contributed by atoms with Gasteiger partial charge in [0.05, 0.1) is 6.54 Å². The van der Waals surface area contributed by atoms with Crippen LogP contribution in [-0.4, -0.2) is 58.1 Å². The van der Waals surface area contributed by atoms with Crippen molar-refractivity contribution in [2.45, 2.75) is 71.3 Å². The molecule has 0 aromatic carbocycles. The zero-order valence-electron chi connectivity index (χ0n) is 14.4. The number of fused-ring (bicyclic) bond motifs is 2. The minimum Gasteiger partial charge on any atom is -0.459 e. The molecule has 8 nitrogen and oxygen atoms in total. The summed E-state index contributed by atoms with van der Waals surface area (Å²) in [5.41, 5.74) is -1.48. The highest BCUT2D eigenvalue weighted by Gasteiger charge is 2.52. The van der Waals surface area contributed by atoms with E-state index in [1.165, 1.54) is 0 Å². The van der Waals surface area contributed by atoms with E-state index in [0.29, 0.717) is 6.42 Å². The molecule has 23 heavy (non-hydrogen) atoms. The van der Waals surface area contributed by atoms with Crippen LogP contribution in [0.15, 0.2) is 0 Å². The van der Waals surface area contributed by atoms with Gasteiger partial charge in [-0.15, -0.1) is 0 Å². The number of ether oxygens (including phenoxy) is 3. The molecule has 0 N–H and O–H groups in total. The average molecular weight is 328 g/mol. The molecule has 2 rings (SSSR count). The summed E-state index contributed by atoms with van der Waals surface area (Å²) in [6.07, 6.45) is -1.57. The number of rotatable bonds is 0. The van der Waals surface area contributed by atoms with Crippen LogP contribution in [0, 0.1) is 0 Å². The van der Waals surface area contributed by atoms with Crippen LogP contribution in [0.25, 0.3) is 0 Å². The van der Waals surface area contributed by atoms with Gasteiger partial charge in [-0.1, -0.05) is 0 Å². The van der Waals surface area contributed by atoms with Crippen LogP contribution in [-0.2, 0) is 19.0 Å². The first-order chi connectivity index (χ1) is 10.4. The molecule has 0 spiro atoms. The summed E-state index contributed by atoms with van der Waals surface area (Å²) < 4.78 is 15.8. The summed E-state index contributed by atoms with van der Waals surface area (Å²) in [5.74, 6) is -0.535. The Kier molecular flexibility index (Phi) is 4.21. The number of nitrogens with zero attached hydrogens (tertiary/aromatic N) is 2. The predicted molar refractivity (Wildman–Crippen MR) is 79.3 cm³/mol. The molecule has 0 unspecified atom stereocenters. The molecule has 0 aliphatic carbocycles. The molecule has 2 aliphatic rings. The Morgan fingerprint density at radius 2 is 1.57 bits per heavy atom. The first-order valence-electron chi connectivity index (χ1n) is 7.60. The Morgan fingerprint density at radius 1 is 1.04 bits per heavy atom. The lowest BCUT2D eigenvalue weighted by Gasteiger charge is -2.40. The maximum Gasteiger partial charge on any atom is 0.430 e. The highest BCUT2D eigenvalue weighted by atomic mass is 16.6. The van der Waals surface area contributed by atoms with Gasteiger partial charge in [-0.25, -0.2) is 19.4 Å². The van der Waals surface area contributed by atoms with Crippen LogP contribution in [0.2, 0.25) is 0 Å². The van der Waals surface area contributed by atoms with Crippen LogP contribution in [0.3, 0.4) is 0 Å². The van der Waals surface area contributed by atoms with E-state index in [-0.39, 0.29) is 6.54 Å². The van der Waals surface area contributed by atoms with Crippen molar-refractivity contribution < 1.29 is 28.6 Å². The first kappa shape index (κ1) is 17.4. The van der Waals surface area contributed by atoms with E-state index in [9.17, 15) is 14.4 Å². The Bertz CT molecular complexity index is 519. The van der Waals surface area contributed by atoms with E-state index in [1.807, 2.05) is 0 Å². The van der Waals surface area contributed by atoms with E-state index < -0.39 is 41.5 Å². The van der Waals surface area contributed by atoms with Gasteiger partial charge in [-0.2, -0.15) is 5.01 Å². The summed E-state index contributed by atoms with van der Waals surface area (Å²) in [5, 5.41) is 2.12. The van der Waals surface area contributed by atoms with Gasteiger partial charge < -0.3 is 14.2 Å². The van der Waals surface area contributed by atoms with E-state index >= 15 is 0 Å². The van der Waals surface area contributed by atoms with Gasteiger partial charge in [-0.3, -0.25) is 0 Å². The van der Waals surface area contributed by atoms with E-state index in [1.54, 1.807) is 41.5 Å². The fraction of sp³-hybridized carbons (Fsp3) is 0.800. The fourth-order valence-electron chi connectivity index (χ4n) is 2.41. The average Bonchev–Trinajstić information content (AvgIpc) is 2.60. The van der Waals surface area contributed by atoms with Crippen molar-refractivity contribution in [1.29, 1.82) is 0 Å². The smallest absolute Gasteiger partial charge is 0.430 e. The van der Waals surface area contributed by atoms with E-state index in [4.69, 9.17) is 14.2 Å². The molecule has 0 saturated carbocycles. The summed E-state index contributed by atoms with van der Waals surface area (Å²) in [4.78, 5) is 36.8. The molecule has 8 heteroatoms. The maximum atomic E-state index is 12.5. The van der Waals surface area contributed by atoms with Crippen molar-refractivity contribution in [2.75, 3.05) is 6.54 Å². The van der Waals surface area contributed by atoms with Gasteiger partial charge in [0.2, 0.25) is 0 Å². The molecule has 0 radical (unpaired) electrons. The fourth-order valence-corrected chi connectivity index (χ4v) is 2.41. The van der Waals surface area contributed by atoms with Crippen LogP contribution in [0.5, 0.6) is 0 Å². The van der Waals surface area contributed by atoms with Crippen LogP contribution < -0.4 is 0 Å². The second kappa shape index (κ2) is 5.58. The Labute approximate surface area is 135 Å². The third-order valence-corrected chi connectivity index (χ3v) is 3.16. The predicted octanol–water partition coefficient (Wildman–Crippen LogP) is 2.07. The number of carbonyl (C=O) groups excluding carboxylic acids is 3. The normalized spacial score (nSPS) is 24.3. The van der Waals surface area contributed by atoms with Crippen LogP contribution in [0.1, 0.15) is 48.0 Å². The SMILES string of the molecule is CC(C)(C)OC(=O)N1C[C@H]2C[C@H](C(=O)O2)N1C(=O)OC(C)(C)C. The molecule has 2 saturated heterocycles. The molecule has 0 aromatic rings. The van der Waals surface area contributed by atoms with E-state index in [0.717, 1.165) is 10.0 Å². The number of hydrazine groups is 1. The topological polar surface area (TPSA) is 85.4 Å². The van der Waals surface area contributed by atoms with Crippen LogP contribution >= 0.6 is 0 Å². The Hall–Kier alpha value is -1.99. The van der Waals surface area contributed by atoms with Gasteiger partial charge in [0.25, 0.3) is 0 Å². The van der Waals surface area contributed by atoms with Gasteiger partial charge in [0, 0.05) is 6.42 Å². The van der Waals surface area contributed by atoms with Crippen molar-refractivity contribution in [3.05, 3.63) is 0 Å². The number of hydrogen-bond donors (Lipinski definition) is 0. The van der Waals surface area contributed by atoms with Crippen molar-refractivity contribution in [1.82, 2.24) is 10.0 Å². The third kappa shape index (κ3) is 4.05. The largest absolute Gasteiger partial charge is 0.459 e. The Morgan fingerprint density at radius 3 is 2.09 bits per heavy atom. The molecular weight excluding hydrogens is 304 g/mol. The molecule has 2 amide bonds. The molecule has 2 heterocycles. The van der Waals surface area contributed by atoms with Gasteiger partial charge in [0.15, 0.2) is 6.04 Å².